The molecule has 164 valence electrons. The van der Waals surface area contributed by atoms with Crippen molar-refractivity contribution < 1.29 is 27.9 Å². The highest BCUT2D eigenvalue weighted by Gasteiger charge is 2.49. The van der Waals surface area contributed by atoms with Crippen LogP contribution in [0.25, 0.3) is 0 Å². The van der Waals surface area contributed by atoms with Gasteiger partial charge in [0.05, 0.1) is 24.2 Å². The Morgan fingerprint density at radius 2 is 2.07 bits per heavy atom. The lowest BCUT2D eigenvalue weighted by molar-refractivity contribution is -0.137. The number of hydrogen-bond acceptors (Lipinski definition) is 6. The van der Waals surface area contributed by atoms with Gasteiger partial charge in [-0.2, -0.15) is 4.99 Å². The van der Waals surface area contributed by atoms with Crippen molar-refractivity contribution in [2.24, 2.45) is 4.99 Å². The van der Waals surface area contributed by atoms with Gasteiger partial charge in [0.25, 0.3) is 0 Å². The molecule has 1 aromatic rings. The summed E-state index contributed by atoms with van der Waals surface area (Å²) in [4.78, 5) is 29.0. The summed E-state index contributed by atoms with van der Waals surface area (Å²) in [6, 6.07) is 7.08. The number of carbonyl (C=O) groups excluding carboxylic acids is 1. The first-order valence-electron chi connectivity index (χ1n) is 10.0. The molecule has 0 saturated carbocycles. The number of amidine groups is 1. The van der Waals surface area contributed by atoms with Gasteiger partial charge in [-0.25, -0.2) is 8.42 Å². The smallest absolute Gasteiger partial charge is 0.303 e. The van der Waals surface area contributed by atoms with E-state index in [-0.39, 0.29) is 42.1 Å². The van der Waals surface area contributed by atoms with Crippen molar-refractivity contribution in [2.75, 3.05) is 23.0 Å². The van der Waals surface area contributed by atoms with Crippen molar-refractivity contribution in [3.05, 3.63) is 24.3 Å². The molecule has 0 spiro atoms. The summed E-state index contributed by atoms with van der Waals surface area (Å²) in [5, 5.41) is 9.01. The van der Waals surface area contributed by atoms with Gasteiger partial charge in [0.15, 0.2) is 15.0 Å². The number of ether oxygens (including phenoxy) is 1. The summed E-state index contributed by atoms with van der Waals surface area (Å²) in [6.45, 7) is 2.68. The Kier molecular flexibility index (Phi) is 7.41. The number of nitrogens with zero attached hydrogens (tertiary/aromatic N) is 2. The molecule has 3 rings (SSSR count). The molecular formula is C20H26N2O6S2. The Hall–Kier alpha value is -2.07. The second kappa shape index (κ2) is 9.82. The molecule has 0 unspecified atom stereocenters. The number of aliphatic imine (C=N–C) groups is 1. The Bertz CT molecular complexity index is 931. The third-order valence-electron chi connectivity index (χ3n) is 4.93. The van der Waals surface area contributed by atoms with Crippen LogP contribution in [0.1, 0.15) is 39.0 Å². The van der Waals surface area contributed by atoms with Crippen LogP contribution in [-0.2, 0) is 19.4 Å². The molecule has 2 aliphatic heterocycles. The van der Waals surface area contributed by atoms with Crippen LogP contribution in [-0.4, -0.2) is 60.0 Å². The van der Waals surface area contributed by atoms with Crippen molar-refractivity contribution in [3.8, 4) is 5.75 Å². The van der Waals surface area contributed by atoms with Gasteiger partial charge in [-0.3, -0.25) is 9.59 Å². The predicted molar refractivity (Wildman–Crippen MR) is 117 cm³/mol. The number of aliphatic carboxylic acids is 1. The maximum absolute atomic E-state index is 12.3. The highest BCUT2D eigenvalue weighted by Crippen LogP contribution is 2.41. The number of carboxylic acid groups (broad SMARTS) is 1. The largest absolute Gasteiger partial charge is 0.494 e. The number of anilines is 1. The lowest BCUT2D eigenvalue weighted by Gasteiger charge is -2.25. The zero-order chi connectivity index (χ0) is 21.7. The van der Waals surface area contributed by atoms with E-state index in [1.165, 1.54) is 11.8 Å². The lowest BCUT2D eigenvalue weighted by atomic mass is 10.2. The molecule has 0 bridgehead atoms. The predicted octanol–water partition coefficient (Wildman–Crippen LogP) is 2.72. The van der Waals surface area contributed by atoms with Gasteiger partial charge in [-0.1, -0.05) is 31.2 Å². The van der Waals surface area contributed by atoms with E-state index in [9.17, 15) is 18.0 Å². The molecule has 2 saturated heterocycles. The van der Waals surface area contributed by atoms with Gasteiger partial charge < -0.3 is 14.7 Å². The van der Waals surface area contributed by atoms with Gasteiger partial charge in [0, 0.05) is 29.8 Å². The van der Waals surface area contributed by atoms with E-state index in [1.807, 2.05) is 29.2 Å². The van der Waals surface area contributed by atoms with Crippen molar-refractivity contribution in [1.82, 2.24) is 0 Å². The minimum atomic E-state index is -3.15. The van der Waals surface area contributed by atoms with Crippen LogP contribution in [0.3, 0.4) is 0 Å². The molecule has 2 fully saturated rings. The second-order valence-corrected chi connectivity index (χ2v) is 10.8. The average molecular weight is 455 g/mol. The topological polar surface area (TPSA) is 113 Å². The third-order valence-corrected chi connectivity index (χ3v) is 8.14. The molecule has 0 aliphatic carbocycles. The van der Waals surface area contributed by atoms with E-state index in [0.29, 0.717) is 17.5 Å². The Morgan fingerprint density at radius 3 is 2.80 bits per heavy atom. The van der Waals surface area contributed by atoms with Crippen LogP contribution >= 0.6 is 11.8 Å². The Morgan fingerprint density at radius 1 is 1.27 bits per heavy atom. The molecule has 8 nitrogen and oxygen atoms in total. The maximum Gasteiger partial charge on any atom is 0.303 e. The third kappa shape index (κ3) is 5.75. The summed E-state index contributed by atoms with van der Waals surface area (Å²) in [5.74, 6) is -0.605. The zero-order valence-corrected chi connectivity index (χ0v) is 18.5. The van der Waals surface area contributed by atoms with Gasteiger partial charge in [-0.05, 0) is 25.0 Å². The summed E-state index contributed by atoms with van der Waals surface area (Å²) in [5.41, 5.74) is 0.734. The SMILES string of the molecule is CCCCOc1cccc(N2C(=NC(=O)CCCC(=O)O)S[C@H]3CS(=O)(=O)C[C@@H]32)c1. The fourth-order valence-electron chi connectivity index (χ4n) is 3.48. The minimum Gasteiger partial charge on any atom is -0.494 e. The quantitative estimate of drug-likeness (QED) is 0.567. The average Bonchev–Trinajstić information content (AvgIpc) is 3.12. The number of hydrogen-bond donors (Lipinski definition) is 1. The summed E-state index contributed by atoms with van der Waals surface area (Å²) < 4.78 is 30.1. The molecule has 30 heavy (non-hydrogen) atoms. The van der Waals surface area contributed by atoms with E-state index in [4.69, 9.17) is 9.84 Å². The van der Waals surface area contributed by atoms with Crippen molar-refractivity contribution in [2.45, 2.75) is 50.3 Å². The van der Waals surface area contributed by atoms with Crippen LogP contribution in [0.4, 0.5) is 5.69 Å². The molecule has 1 N–H and O–H groups in total. The monoisotopic (exact) mass is 454 g/mol. The molecule has 10 heteroatoms. The second-order valence-electron chi connectivity index (χ2n) is 7.41. The minimum absolute atomic E-state index is 0.0117. The van der Waals surface area contributed by atoms with Crippen LogP contribution < -0.4 is 9.64 Å². The highest BCUT2D eigenvalue weighted by atomic mass is 32.2. The van der Waals surface area contributed by atoms with Gasteiger partial charge in [0.2, 0.25) is 5.91 Å². The van der Waals surface area contributed by atoms with Crippen molar-refractivity contribution in [3.63, 3.8) is 0 Å². The first kappa shape index (κ1) is 22.6. The Labute approximate surface area is 180 Å². The molecule has 1 amide bonds. The normalized spacial score (nSPS) is 23.5. The molecule has 0 aromatic heterocycles. The summed E-state index contributed by atoms with van der Waals surface area (Å²) in [6.07, 6.45) is 2.12. The number of benzene rings is 1. The Balaban J connectivity index is 1.83. The molecule has 2 atom stereocenters. The number of carboxylic acids is 1. The van der Waals surface area contributed by atoms with Crippen LogP contribution in [0, 0.1) is 0 Å². The fraction of sp³-hybridized carbons (Fsp3) is 0.550. The van der Waals surface area contributed by atoms with E-state index in [2.05, 4.69) is 11.9 Å². The highest BCUT2D eigenvalue weighted by molar-refractivity contribution is 8.16. The van der Waals surface area contributed by atoms with Crippen LogP contribution in [0.2, 0.25) is 0 Å². The van der Waals surface area contributed by atoms with Gasteiger partial charge in [0.1, 0.15) is 5.75 Å². The van der Waals surface area contributed by atoms with Crippen molar-refractivity contribution in [1.29, 1.82) is 0 Å². The number of carbonyl (C=O) groups is 2. The first-order valence-corrected chi connectivity index (χ1v) is 12.7. The fourth-order valence-corrected chi connectivity index (χ4v) is 7.41. The van der Waals surface area contributed by atoms with Crippen LogP contribution in [0.5, 0.6) is 5.75 Å². The van der Waals surface area contributed by atoms with Crippen LogP contribution in [0.15, 0.2) is 29.3 Å². The molecule has 2 aliphatic rings. The van der Waals surface area contributed by atoms with Gasteiger partial charge in [-0.15, -0.1) is 0 Å². The van der Waals surface area contributed by atoms with Gasteiger partial charge >= 0.3 is 5.97 Å². The number of sulfone groups is 1. The standard InChI is InChI=1S/C20H26N2O6S2/c1-2-3-10-28-15-7-4-6-14(11-15)22-16-12-30(26,27)13-17(16)29-20(22)21-18(23)8-5-9-19(24)25/h4,6-7,11,16-17H,2-3,5,8-10,12-13H2,1H3,(H,24,25)/t16-,17-/m0/s1. The van der Waals surface area contributed by atoms with E-state index >= 15 is 0 Å². The summed E-state index contributed by atoms with van der Waals surface area (Å²) in [7, 11) is -3.15. The molecule has 1 aromatic carbocycles. The zero-order valence-electron chi connectivity index (χ0n) is 16.8. The lowest BCUT2D eigenvalue weighted by Crippen LogP contribution is -2.37. The molecule has 2 heterocycles. The maximum atomic E-state index is 12.3. The number of rotatable bonds is 9. The molecular weight excluding hydrogens is 428 g/mol. The number of thioether (sulfide) groups is 1. The molecule has 0 radical (unpaired) electrons. The number of amides is 1. The number of fused-ring (bicyclic) bond motifs is 1. The van der Waals surface area contributed by atoms with E-state index < -0.39 is 21.7 Å². The number of unbranched alkanes of at least 4 members (excludes halogenated alkanes) is 1. The first-order chi connectivity index (χ1) is 14.3. The van der Waals surface area contributed by atoms with Crippen molar-refractivity contribution >= 4 is 44.3 Å². The van der Waals surface area contributed by atoms with E-state index in [1.54, 1.807) is 0 Å². The van der Waals surface area contributed by atoms with E-state index in [0.717, 1.165) is 18.5 Å². The summed E-state index contributed by atoms with van der Waals surface area (Å²) >= 11 is 1.30.